The first-order valence-corrected chi connectivity index (χ1v) is 7.21. The molecule has 18 heavy (non-hydrogen) atoms. The van der Waals surface area contributed by atoms with Gasteiger partial charge in [0.15, 0.2) is 0 Å². The average molecular weight is 289 g/mol. The van der Waals surface area contributed by atoms with E-state index in [-0.39, 0.29) is 11.3 Å². The Morgan fingerprint density at radius 2 is 2.50 bits per heavy atom. The molecule has 1 aliphatic rings. The molecule has 1 aromatic heterocycles. The van der Waals surface area contributed by atoms with Gasteiger partial charge in [0, 0.05) is 44.0 Å². The standard InChI is InChI=1S/C10H15N3O3S2/c1-13(2)10(14)17-8-11-9(18-12-8)16-6-7-4-3-5-15-7/h7H,3-6H2,1-2H3. The lowest BCUT2D eigenvalue weighted by Gasteiger charge is -2.08. The van der Waals surface area contributed by atoms with Crippen LogP contribution < -0.4 is 4.74 Å². The van der Waals surface area contributed by atoms with Gasteiger partial charge >= 0.3 is 0 Å². The van der Waals surface area contributed by atoms with Crippen LogP contribution in [0.3, 0.4) is 0 Å². The summed E-state index contributed by atoms with van der Waals surface area (Å²) < 4.78 is 15.0. The van der Waals surface area contributed by atoms with Crippen molar-refractivity contribution in [1.29, 1.82) is 0 Å². The highest BCUT2D eigenvalue weighted by molar-refractivity contribution is 8.13. The second-order valence-corrected chi connectivity index (χ2v) is 5.68. The van der Waals surface area contributed by atoms with E-state index < -0.39 is 0 Å². The third-order valence-corrected chi connectivity index (χ3v) is 4.00. The Balaban J connectivity index is 1.80. The van der Waals surface area contributed by atoms with Crippen LogP contribution in [0.15, 0.2) is 5.16 Å². The molecule has 8 heteroatoms. The molecule has 0 aromatic carbocycles. The monoisotopic (exact) mass is 289 g/mol. The molecule has 1 aliphatic heterocycles. The van der Waals surface area contributed by atoms with E-state index >= 15 is 0 Å². The van der Waals surface area contributed by atoms with Gasteiger partial charge in [-0.3, -0.25) is 4.79 Å². The van der Waals surface area contributed by atoms with Crippen LogP contribution in [0.5, 0.6) is 5.19 Å². The summed E-state index contributed by atoms with van der Waals surface area (Å²) in [6.07, 6.45) is 2.27. The van der Waals surface area contributed by atoms with Crippen LogP contribution in [0, 0.1) is 0 Å². The van der Waals surface area contributed by atoms with E-state index in [1.165, 1.54) is 4.90 Å². The van der Waals surface area contributed by atoms with E-state index in [0.717, 1.165) is 42.7 Å². The molecule has 0 saturated carbocycles. The van der Waals surface area contributed by atoms with Crippen molar-refractivity contribution < 1.29 is 14.3 Å². The van der Waals surface area contributed by atoms with Crippen LogP contribution in [0.4, 0.5) is 4.79 Å². The molecule has 1 fully saturated rings. The van der Waals surface area contributed by atoms with Crippen LogP contribution in [0.1, 0.15) is 12.8 Å². The fourth-order valence-corrected chi connectivity index (χ4v) is 2.64. The molecule has 1 amide bonds. The lowest BCUT2D eigenvalue weighted by Crippen LogP contribution is -2.16. The molecule has 2 heterocycles. The number of carbonyl (C=O) groups is 1. The maximum Gasteiger partial charge on any atom is 0.294 e. The molecule has 100 valence electrons. The quantitative estimate of drug-likeness (QED) is 0.788. The number of nitrogens with zero attached hydrogens (tertiary/aromatic N) is 3. The van der Waals surface area contributed by atoms with Crippen LogP contribution in [-0.2, 0) is 4.74 Å². The van der Waals surface area contributed by atoms with Gasteiger partial charge in [-0.25, -0.2) is 0 Å². The summed E-state index contributed by atoms with van der Waals surface area (Å²) in [7, 11) is 3.38. The number of amides is 1. The predicted molar refractivity (Wildman–Crippen MR) is 69.3 cm³/mol. The average Bonchev–Trinajstić information content (AvgIpc) is 2.96. The normalized spacial score (nSPS) is 18.9. The lowest BCUT2D eigenvalue weighted by atomic mass is 10.2. The van der Waals surface area contributed by atoms with Crippen molar-refractivity contribution in [2.24, 2.45) is 0 Å². The molecule has 0 N–H and O–H groups in total. The maximum atomic E-state index is 11.4. The van der Waals surface area contributed by atoms with Gasteiger partial charge in [0.05, 0.1) is 6.10 Å². The summed E-state index contributed by atoms with van der Waals surface area (Å²) in [5.74, 6) is 0. The van der Waals surface area contributed by atoms with Gasteiger partial charge in [-0.1, -0.05) is 0 Å². The number of carbonyl (C=O) groups excluding carboxylic acids is 1. The third kappa shape index (κ3) is 3.82. The van der Waals surface area contributed by atoms with Gasteiger partial charge in [-0.15, -0.1) is 0 Å². The number of rotatable bonds is 4. The van der Waals surface area contributed by atoms with E-state index in [1.54, 1.807) is 14.1 Å². The minimum absolute atomic E-state index is 0.0986. The van der Waals surface area contributed by atoms with E-state index in [2.05, 4.69) is 9.36 Å². The van der Waals surface area contributed by atoms with Crippen LogP contribution in [0.25, 0.3) is 0 Å². The highest BCUT2D eigenvalue weighted by Crippen LogP contribution is 2.24. The minimum atomic E-state index is -0.0986. The van der Waals surface area contributed by atoms with Gasteiger partial charge < -0.3 is 14.4 Å². The van der Waals surface area contributed by atoms with Crippen molar-refractivity contribution >= 4 is 28.5 Å². The first kappa shape index (κ1) is 13.6. The first-order chi connectivity index (χ1) is 8.65. The third-order valence-electron chi connectivity index (χ3n) is 2.35. The van der Waals surface area contributed by atoms with Crippen molar-refractivity contribution in [3.63, 3.8) is 0 Å². The predicted octanol–water partition coefficient (Wildman–Crippen LogP) is 1.87. The Bertz CT molecular complexity index is 405. The highest BCUT2D eigenvalue weighted by atomic mass is 32.2. The van der Waals surface area contributed by atoms with Gasteiger partial charge in [0.25, 0.3) is 10.4 Å². The summed E-state index contributed by atoms with van der Waals surface area (Å²) in [6.45, 7) is 1.31. The number of hydrogen-bond acceptors (Lipinski definition) is 7. The smallest absolute Gasteiger partial charge is 0.294 e. The molecule has 1 saturated heterocycles. The van der Waals surface area contributed by atoms with Crippen molar-refractivity contribution in [2.45, 2.75) is 24.1 Å². The lowest BCUT2D eigenvalue weighted by molar-refractivity contribution is 0.0677. The van der Waals surface area contributed by atoms with Crippen molar-refractivity contribution in [3.8, 4) is 5.19 Å². The van der Waals surface area contributed by atoms with Gasteiger partial charge in [-0.2, -0.15) is 9.36 Å². The molecule has 0 radical (unpaired) electrons. The van der Waals surface area contributed by atoms with Crippen molar-refractivity contribution in [2.75, 3.05) is 27.3 Å². The topological polar surface area (TPSA) is 64.6 Å². The second-order valence-electron chi connectivity index (χ2n) is 4.05. The highest BCUT2D eigenvalue weighted by Gasteiger charge is 2.18. The molecular weight excluding hydrogens is 274 g/mol. The molecule has 0 bridgehead atoms. The number of ether oxygens (including phenoxy) is 2. The summed E-state index contributed by atoms with van der Waals surface area (Å²) >= 11 is 2.15. The minimum Gasteiger partial charge on any atom is -0.466 e. The van der Waals surface area contributed by atoms with Crippen LogP contribution in [-0.4, -0.2) is 52.9 Å². The SMILES string of the molecule is CN(C)C(=O)Sc1nsc(OCC2CCCO2)n1. The number of hydrogen-bond donors (Lipinski definition) is 0. The van der Waals surface area contributed by atoms with Gasteiger partial charge in [0.1, 0.15) is 6.61 Å². The summed E-state index contributed by atoms with van der Waals surface area (Å²) in [4.78, 5) is 17.1. The fourth-order valence-electron chi connectivity index (χ4n) is 1.41. The maximum absolute atomic E-state index is 11.4. The summed E-state index contributed by atoms with van der Waals surface area (Å²) in [5.41, 5.74) is 0. The molecule has 2 rings (SSSR count). The van der Waals surface area contributed by atoms with E-state index in [0.29, 0.717) is 17.0 Å². The van der Waals surface area contributed by atoms with E-state index in [1.807, 2.05) is 0 Å². The summed E-state index contributed by atoms with van der Waals surface area (Å²) in [5, 5.41) is 0.819. The number of aromatic nitrogens is 2. The van der Waals surface area contributed by atoms with Gasteiger partial charge in [-0.05, 0) is 12.8 Å². The Morgan fingerprint density at radius 1 is 1.67 bits per heavy atom. The number of thioether (sulfide) groups is 1. The van der Waals surface area contributed by atoms with Gasteiger partial charge in [0.2, 0.25) is 5.16 Å². The molecule has 1 aromatic rings. The molecule has 6 nitrogen and oxygen atoms in total. The van der Waals surface area contributed by atoms with E-state index in [9.17, 15) is 4.79 Å². The molecule has 0 aliphatic carbocycles. The van der Waals surface area contributed by atoms with Crippen molar-refractivity contribution in [3.05, 3.63) is 0 Å². The zero-order valence-electron chi connectivity index (χ0n) is 10.3. The van der Waals surface area contributed by atoms with Crippen LogP contribution in [0.2, 0.25) is 0 Å². The molecular formula is C10H15N3O3S2. The summed E-state index contributed by atoms with van der Waals surface area (Å²) in [6, 6.07) is 0. The zero-order valence-corrected chi connectivity index (χ0v) is 11.9. The van der Waals surface area contributed by atoms with E-state index in [4.69, 9.17) is 9.47 Å². The largest absolute Gasteiger partial charge is 0.466 e. The Hall–Kier alpha value is -0.860. The Kier molecular flexibility index (Phi) is 4.79. The fraction of sp³-hybridized carbons (Fsp3) is 0.700. The second kappa shape index (κ2) is 6.35. The zero-order chi connectivity index (χ0) is 13.0. The molecule has 0 spiro atoms. The first-order valence-electron chi connectivity index (χ1n) is 5.62. The van der Waals surface area contributed by atoms with Crippen molar-refractivity contribution in [1.82, 2.24) is 14.3 Å². The molecule has 1 atom stereocenters. The Labute approximate surface area is 114 Å². The molecule has 1 unspecified atom stereocenters. The Morgan fingerprint density at radius 3 is 3.17 bits per heavy atom. The van der Waals surface area contributed by atoms with Crippen LogP contribution >= 0.6 is 23.3 Å².